The smallest absolute Gasteiger partial charge is 0.142 e. The SMILES string of the molecule is CNC1(c2cccc(Br)c2)CCN(c2ncnc3[nH]ccc23)CC1. The second kappa shape index (κ2) is 6.18. The molecule has 0 amide bonds. The lowest BCUT2D eigenvalue weighted by Gasteiger charge is -2.42. The Bertz CT molecular complexity index is 851. The van der Waals surface area contributed by atoms with Gasteiger partial charge in [0.25, 0.3) is 0 Å². The van der Waals surface area contributed by atoms with Crippen LogP contribution < -0.4 is 10.2 Å². The molecule has 2 N–H and O–H groups in total. The van der Waals surface area contributed by atoms with Gasteiger partial charge in [-0.05, 0) is 43.7 Å². The maximum absolute atomic E-state index is 4.53. The molecular weight excluding hydrogens is 366 g/mol. The van der Waals surface area contributed by atoms with Gasteiger partial charge < -0.3 is 15.2 Å². The predicted octanol–water partition coefficient (Wildman–Crippen LogP) is 3.44. The summed E-state index contributed by atoms with van der Waals surface area (Å²) in [5, 5.41) is 4.67. The van der Waals surface area contributed by atoms with E-state index in [-0.39, 0.29) is 5.54 Å². The molecule has 5 nitrogen and oxygen atoms in total. The zero-order valence-corrected chi connectivity index (χ0v) is 15.2. The van der Waals surface area contributed by atoms with E-state index in [1.54, 1.807) is 6.33 Å². The van der Waals surface area contributed by atoms with Crippen molar-refractivity contribution in [3.63, 3.8) is 0 Å². The standard InChI is InChI=1S/C18H20BrN5/c1-20-18(13-3-2-4-14(19)11-13)6-9-24(10-7-18)17-15-5-8-21-16(15)22-12-23-17/h2-5,8,11-12,20H,6-7,9-10H2,1H3,(H,21,22,23). The Balaban J connectivity index is 1.61. The van der Waals surface area contributed by atoms with Gasteiger partial charge >= 0.3 is 0 Å². The third-order valence-corrected chi connectivity index (χ3v) is 5.60. The average molecular weight is 386 g/mol. The maximum Gasteiger partial charge on any atom is 0.142 e. The van der Waals surface area contributed by atoms with Gasteiger partial charge in [0, 0.05) is 29.3 Å². The fraction of sp³-hybridized carbons (Fsp3) is 0.333. The van der Waals surface area contributed by atoms with Gasteiger partial charge in [0.15, 0.2) is 0 Å². The van der Waals surface area contributed by atoms with E-state index in [1.165, 1.54) is 5.56 Å². The summed E-state index contributed by atoms with van der Waals surface area (Å²) in [7, 11) is 2.06. The van der Waals surface area contributed by atoms with Gasteiger partial charge in [-0.1, -0.05) is 28.1 Å². The summed E-state index contributed by atoms with van der Waals surface area (Å²) in [5.41, 5.74) is 2.26. The van der Waals surface area contributed by atoms with Gasteiger partial charge in [-0.2, -0.15) is 0 Å². The molecule has 1 fully saturated rings. The van der Waals surface area contributed by atoms with Gasteiger partial charge in [0.1, 0.15) is 17.8 Å². The summed E-state index contributed by atoms with van der Waals surface area (Å²) in [6, 6.07) is 10.7. The summed E-state index contributed by atoms with van der Waals surface area (Å²) in [6.07, 6.45) is 5.64. The van der Waals surface area contributed by atoms with Crippen molar-refractivity contribution in [2.75, 3.05) is 25.0 Å². The van der Waals surface area contributed by atoms with Crippen LogP contribution in [0.15, 0.2) is 47.3 Å². The zero-order chi connectivity index (χ0) is 16.6. The molecule has 1 aromatic carbocycles. The van der Waals surface area contributed by atoms with Crippen LogP contribution in [0, 0.1) is 0 Å². The summed E-state index contributed by atoms with van der Waals surface area (Å²) < 4.78 is 1.13. The molecule has 1 saturated heterocycles. The molecule has 0 unspecified atom stereocenters. The number of rotatable bonds is 3. The molecule has 0 spiro atoms. The van der Waals surface area contributed by atoms with Crippen molar-refractivity contribution in [3.8, 4) is 0 Å². The van der Waals surface area contributed by atoms with E-state index in [0.717, 1.165) is 47.3 Å². The fourth-order valence-corrected chi connectivity index (χ4v) is 4.08. The van der Waals surface area contributed by atoms with E-state index in [0.29, 0.717) is 0 Å². The number of hydrogen-bond acceptors (Lipinski definition) is 4. The molecule has 4 rings (SSSR count). The molecule has 124 valence electrons. The summed E-state index contributed by atoms with van der Waals surface area (Å²) in [4.78, 5) is 14.3. The second-order valence-electron chi connectivity index (χ2n) is 6.27. The Kier molecular flexibility index (Phi) is 4.02. The molecule has 0 bridgehead atoms. The van der Waals surface area contributed by atoms with Crippen molar-refractivity contribution in [1.29, 1.82) is 0 Å². The topological polar surface area (TPSA) is 56.8 Å². The first-order valence-electron chi connectivity index (χ1n) is 8.20. The molecular formula is C18H20BrN5. The highest BCUT2D eigenvalue weighted by Crippen LogP contribution is 2.36. The van der Waals surface area contributed by atoms with Crippen LogP contribution in [-0.2, 0) is 5.54 Å². The van der Waals surface area contributed by atoms with E-state index >= 15 is 0 Å². The van der Waals surface area contributed by atoms with Crippen LogP contribution >= 0.6 is 15.9 Å². The second-order valence-corrected chi connectivity index (χ2v) is 7.18. The molecule has 1 aliphatic heterocycles. The Morgan fingerprint density at radius 1 is 1.21 bits per heavy atom. The molecule has 1 aliphatic rings. The van der Waals surface area contributed by atoms with Gasteiger partial charge in [0.2, 0.25) is 0 Å². The summed E-state index contributed by atoms with van der Waals surface area (Å²) in [6.45, 7) is 1.93. The number of fused-ring (bicyclic) bond motifs is 1. The van der Waals surface area contributed by atoms with Crippen LogP contribution in [0.3, 0.4) is 0 Å². The number of piperidine rings is 1. The van der Waals surface area contributed by atoms with E-state index in [9.17, 15) is 0 Å². The van der Waals surface area contributed by atoms with Crippen molar-refractivity contribution < 1.29 is 0 Å². The number of hydrogen-bond donors (Lipinski definition) is 2. The van der Waals surface area contributed by atoms with Crippen LogP contribution in [0.5, 0.6) is 0 Å². The summed E-state index contributed by atoms with van der Waals surface area (Å²) in [5.74, 6) is 1.03. The van der Waals surface area contributed by atoms with E-state index in [1.807, 2.05) is 6.20 Å². The largest absolute Gasteiger partial charge is 0.356 e. The number of nitrogens with one attached hydrogen (secondary N) is 2. The predicted molar refractivity (Wildman–Crippen MR) is 100 cm³/mol. The summed E-state index contributed by atoms with van der Waals surface area (Å²) >= 11 is 3.59. The number of H-pyrrole nitrogens is 1. The Hall–Kier alpha value is -1.92. The van der Waals surface area contributed by atoms with Gasteiger partial charge in [0.05, 0.1) is 5.39 Å². The van der Waals surface area contributed by atoms with Crippen molar-refractivity contribution in [1.82, 2.24) is 20.3 Å². The monoisotopic (exact) mass is 385 g/mol. The average Bonchev–Trinajstić information content (AvgIpc) is 3.10. The zero-order valence-electron chi connectivity index (χ0n) is 13.6. The molecule has 0 aliphatic carbocycles. The lowest BCUT2D eigenvalue weighted by molar-refractivity contribution is 0.282. The molecule has 24 heavy (non-hydrogen) atoms. The van der Waals surface area contributed by atoms with Gasteiger partial charge in [-0.25, -0.2) is 9.97 Å². The number of halogens is 1. The highest BCUT2D eigenvalue weighted by atomic mass is 79.9. The van der Waals surface area contributed by atoms with Crippen molar-refractivity contribution in [2.24, 2.45) is 0 Å². The molecule has 6 heteroatoms. The number of anilines is 1. The Morgan fingerprint density at radius 2 is 2.04 bits per heavy atom. The normalized spacial score (nSPS) is 17.3. The number of aromatic nitrogens is 3. The van der Waals surface area contributed by atoms with Gasteiger partial charge in [-0.15, -0.1) is 0 Å². The number of nitrogens with zero attached hydrogens (tertiary/aromatic N) is 3. The molecule has 0 radical (unpaired) electrons. The maximum atomic E-state index is 4.53. The van der Waals surface area contributed by atoms with Crippen molar-refractivity contribution in [2.45, 2.75) is 18.4 Å². The van der Waals surface area contributed by atoms with E-state index < -0.39 is 0 Å². The number of benzene rings is 1. The molecule has 3 aromatic rings. The minimum atomic E-state index is 0.0184. The van der Waals surface area contributed by atoms with Gasteiger partial charge in [-0.3, -0.25) is 0 Å². The molecule has 3 heterocycles. The molecule has 0 saturated carbocycles. The third kappa shape index (κ3) is 2.59. The first-order valence-corrected chi connectivity index (χ1v) is 8.99. The van der Waals surface area contributed by atoms with Crippen LogP contribution in [0.4, 0.5) is 5.82 Å². The highest BCUT2D eigenvalue weighted by Gasteiger charge is 2.35. The first kappa shape index (κ1) is 15.6. The Morgan fingerprint density at radius 3 is 2.79 bits per heavy atom. The van der Waals surface area contributed by atoms with Crippen LogP contribution in [0.2, 0.25) is 0 Å². The quantitative estimate of drug-likeness (QED) is 0.724. The minimum Gasteiger partial charge on any atom is -0.356 e. The fourth-order valence-electron chi connectivity index (χ4n) is 3.68. The first-order chi connectivity index (χ1) is 11.7. The van der Waals surface area contributed by atoms with E-state index in [2.05, 4.69) is 78.5 Å². The van der Waals surface area contributed by atoms with Crippen molar-refractivity contribution >= 4 is 32.8 Å². The van der Waals surface area contributed by atoms with E-state index in [4.69, 9.17) is 0 Å². The number of aromatic amines is 1. The minimum absolute atomic E-state index is 0.0184. The lowest BCUT2D eigenvalue weighted by atomic mass is 9.81. The molecule has 0 atom stereocenters. The van der Waals surface area contributed by atoms with Crippen molar-refractivity contribution in [3.05, 3.63) is 52.9 Å². The highest BCUT2D eigenvalue weighted by molar-refractivity contribution is 9.10. The van der Waals surface area contributed by atoms with Crippen LogP contribution in [0.25, 0.3) is 11.0 Å². The van der Waals surface area contributed by atoms with Crippen LogP contribution in [-0.4, -0.2) is 35.1 Å². The lowest BCUT2D eigenvalue weighted by Crippen LogP contribution is -2.50. The Labute approximate surface area is 149 Å². The van der Waals surface area contributed by atoms with Crippen LogP contribution in [0.1, 0.15) is 18.4 Å². The molecule has 2 aromatic heterocycles. The third-order valence-electron chi connectivity index (χ3n) is 5.11.